The minimum absolute atomic E-state index is 0. The highest BCUT2D eigenvalue weighted by Gasteiger charge is 2.22. The van der Waals surface area contributed by atoms with Gasteiger partial charge in [0.2, 0.25) is 0 Å². The molecule has 0 unspecified atom stereocenters. The Morgan fingerprint density at radius 1 is 1.16 bits per heavy atom. The Morgan fingerprint density at radius 3 is 2.62 bits per heavy atom. The van der Waals surface area contributed by atoms with Crippen LogP contribution in [0.15, 0.2) is 41.5 Å². The number of aromatic nitrogens is 1. The summed E-state index contributed by atoms with van der Waals surface area (Å²) in [5.74, 6) is 3.47. The highest BCUT2D eigenvalue weighted by Crippen LogP contribution is 2.30. The second kappa shape index (κ2) is 12.2. The zero-order valence-corrected chi connectivity index (χ0v) is 21.3. The molecule has 2 aromatic rings. The lowest BCUT2D eigenvalue weighted by Gasteiger charge is -2.29. The van der Waals surface area contributed by atoms with E-state index in [1.807, 2.05) is 12.3 Å². The maximum absolute atomic E-state index is 6.10. The molecule has 8 heteroatoms. The average molecular weight is 551 g/mol. The van der Waals surface area contributed by atoms with Gasteiger partial charge in [0.05, 0.1) is 19.8 Å². The molecule has 1 saturated heterocycles. The summed E-state index contributed by atoms with van der Waals surface area (Å²) >= 11 is 0. The molecule has 2 N–H and O–H groups in total. The molecule has 2 heterocycles. The number of nitrogens with zero attached hydrogens (tertiary/aromatic N) is 3. The normalized spacial score (nSPS) is 16.3. The molecule has 4 rings (SSSR count). The fourth-order valence-electron chi connectivity index (χ4n) is 3.64. The van der Waals surface area contributed by atoms with Crippen molar-refractivity contribution in [3.8, 4) is 5.75 Å². The molecule has 32 heavy (non-hydrogen) atoms. The lowest BCUT2D eigenvalue weighted by Crippen LogP contribution is -2.39. The molecule has 0 atom stereocenters. The van der Waals surface area contributed by atoms with Gasteiger partial charge in [0.1, 0.15) is 11.6 Å². The van der Waals surface area contributed by atoms with Crippen LogP contribution < -0.4 is 20.3 Å². The third kappa shape index (κ3) is 6.96. The van der Waals surface area contributed by atoms with Gasteiger partial charge in [-0.15, -0.1) is 24.0 Å². The maximum Gasteiger partial charge on any atom is 0.191 e. The zero-order chi connectivity index (χ0) is 21.5. The third-order valence-electron chi connectivity index (χ3n) is 5.69. The van der Waals surface area contributed by atoms with Crippen molar-refractivity contribution in [2.45, 2.75) is 32.9 Å². The Balaban J connectivity index is 0.00000289. The van der Waals surface area contributed by atoms with E-state index in [-0.39, 0.29) is 24.0 Å². The monoisotopic (exact) mass is 551 g/mol. The van der Waals surface area contributed by atoms with E-state index in [1.54, 1.807) is 7.05 Å². The van der Waals surface area contributed by atoms with E-state index in [0.717, 1.165) is 67.5 Å². The van der Waals surface area contributed by atoms with E-state index < -0.39 is 0 Å². The lowest BCUT2D eigenvalue weighted by molar-refractivity contribution is 0.122. The third-order valence-corrected chi connectivity index (χ3v) is 5.69. The molecule has 174 valence electrons. The van der Waals surface area contributed by atoms with Crippen molar-refractivity contribution < 1.29 is 9.47 Å². The van der Waals surface area contributed by atoms with E-state index >= 15 is 0 Å². The number of benzene rings is 1. The standard InChI is InChI=1S/C24H33N5O2.HI/c1-18-5-8-20(22(14-18)31-17-19-6-7-19)15-27-24(25-2)28-16-21-4-3-9-26-23(21)29-10-12-30-13-11-29;/h3-5,8-9,14,19H,6-7,10-13,15-17H2,1-2H3,(H2,25,27,28);1H. The van der Waals surface area contributed by atoms with Gasteiger partial charge >= 0.3 is 0 Å². The van der Waals surface area contributed by atoms with Crippen LogP contribution in [0.5, 0.6) is 5.75 Å². The average Bonchev–Trinajstić information content (AvgIpc) is 3.64. The van der Waals surface area contributed by atoms with Crippen LogP contribution in [-0.2, 0) is 17.8 Å². The van der Waals surface area contributed by atoms with E-state index in [2.05, 4.69) is 56.7 Å². The molecule has 2 fully saturated rings. The number of guanidine groups is 1. The minimum atomic E-state index is 0. The first kappa shape index (κ1) is 24.6. The number of pyridine rings is 1. The second-order valence-electron chi connectivity index (χ2n) is 8.23. The van der Waals surface area contributed by atoms with Crippen LogP contribution in [0.3, 0.4) is 0 Å². The number of morpholine rings is 1. The van der Waals surface area contributed by atoms with Crippen LogP contribution in [0.1, 0.15) is 29.5 Å². The van der Waals surface area contributed by atoms with Crippen molar-refractivity contribution in [2.24, 2.45) is 10.9 Å². The van der Waals surface area contributed by atoms with Crippen LogP contribution >= 0.6 is 24.0 Å². The highest BCUT2D eigenvalue weighted by atomic mass is 127. The van der Waals surface area contributed by atoms with Crippen molar-refractivity contribution in [3.63, 3.8) is 0 Å². The number of rotatable bonds is 8. The van der Waals surface area contributed by atoms with Crippen molar-refractivity contribution in [1.29, 1.82) is 0 Å². The Labute approximate surface area is 208 Å². The lowest BCUT2D eigenvalue weighted by atomic mass is 10.1. The summed E-state index contributed by atoms with van der Waals surface area (Å²) in [5.41, 5.74) is 3.50. The number of aliphatic imine (C=N–C) groups is 1. The van der Waals surface area contributed by atoms with Crippen molar-refractivity contribution in [1.82, 2.24) is 15.6 Å². The van der Waals surface area contributed by atoms with E-state index in [0.29, 0.717) is 13.1 Å². The molecular weight excluding hydrogens is 517 g/mol. The van der Waals surface area contributed by atoms with Crippen LogP contribution in [-0.4, -0.2) is 50.9 Å². The van der Waals surface area contributed by atoms with Crippen LogP contribution in [0.4, 0.5) is 5.82 Å². The molecule has 7 nitrogen and oxygen atoms in total. The Morgan fingerprint density at radius 2 is 1.91 bits per heavy atom. The molecule has 0 bridgehead atoms. The Bertz CT molecular complexity index is 898. The minimum Gasteiger partial charge on any atom is -0.493 e. The summed E-state index contributed by atoms with van der Waals surface area (Å²) in [4.78, 5) is 11.3. The fraction of sp³-hybridized carbons (Fsp3) is 0.500. The summed E-state index contributed by atoms with van der Waals surface area (Å²) in [7, 11) is 1.79. The predicted molar refractivity (Wildman–Crippen MR) is 139 cm³/mol. The van der Waals surface area contributed by atoms with Gasteiger partial charge in [0.25, 0.3) is 0 Å². The summed E-state index contributed by atoms with van der Waals surface area (Å²) in [6.45, 7) is 7.45. The number of halogens is 1. The maximum atomic E-state index is 6.10. The first-order valence-corrected chi connectivity index (χ1v) is 11.2. The number of anilines is 1. The largest absolute Gasteiger partial charge is 0.493 e. The van der Waals surface area contributed by atoms with Gasteiger partial charge in [0.15, 0.2) is 5.96 Å². The van der Waals surface area contributed by atoms with Crippen molar-refractivity contribution >= 4 is 35.8 Å². The van der Waals surface area contributed by atoms with E-state index in [4.69, 9.17) is 9.47 Å². The molecule has 1 saturated carbocycles. The van der Waals surface area contributed by atoms with Gasteiger partial charge in [-0.25, -0.2) is 4.98 Å². The van der Waals surface area contributed by atoms with Crippen molar-refractivity contribution in [2.75, 3.05) is 44.9 Å². The van der Waals surface area contributed by atoms with Gasteiger partial charge in [-0.3, -0.25) is 4.99 Å². The van der Waals surface area contributed by atoms with Crippen LogP contribution in [0.2, 0.25) is 0 Å². The molecule has 0 radical (unpaired) electrons. The number of hydrogen-bond donors (Lipinski definition) is 2. The van der Waals surface area contributed by atoms with Crippen LogP contribution in [0, 0.1) is 12.8 Å². The topological polar surface area (TPSA) is 71.0 Å². The number of ether oxygens (including phenoxy) is 2. The van der Waals surface area contributed by atoms with Crippen LogP contribution in [0.25, 0.3) is 0 Å². The first-order valence-electron chi connectivity index (χ1n) is 11.2. The summed E-state index contributed by atoms with van der Waals surface area (Å²) in [6, 6.07) is 10.5. The molecule has 2 aliphatic rings. The number of nitrogens with one attached hydrogen (secondary N) is 2. The SMILES string of the molecule is CN=C(NCc1ccc(C)cc1OCC1CC1)NCc1cccnc1N1CCOCC1.I. The van der Waals surface area contributed by atoms with Gasteiger partial charge in [-0.1, -0.05) is 18.2 Å². The zero-order valence-electron chi connectivity index (χ0n) is 19.0. The van der Waals surface area contributed by atoms with Gasteiger partial charge in [-0.05, 0) is 43.4 Å². The first-order chi connectivity index (χ1) is 15.2. The summed E-state index contributed by atoms with van der Waals surface area (Å²) in [5, 5.41) is 6.85. The molecule has 1 aromatic carbocycles. The second-order valence-corrected chi connectivity index (χ2v) is 8.23. The molecular formula is C24H34IN5O2. The predicted octanol–water partition coefficient (Wildman–Crippen LogP) is 3.50. The van der Waals surface area contributed by atoms with Crippen molar-refractivity contribution in [3.05, 3.63) is 53.2 Å². The summed E-state index contributed by atoms with van der Waals surface area (Å²) < 4.78 is 11.6. The Hall–Kier alpha value is -2.07. The smallest absolute Gasteiger partial charge is 0.191 e. The molecule has 1 aliphatic carbocycles. The fourth-order valence-corrected chi connectivity index (χ4v) is 3.64. The Kier molecular flexibility index (Phi) is 9.40. The summed E-state index contributed by atoms with van der Waals surface area (Å²) in [6.07, 6.45) is 4.43. The van der Waals surface area contributed by atoms with Gasteiger partial charge < -0.3 is 25.0 Å². The van der Waals surface area contributed by atoms with Gasteiger partial charge in [-0.2, -0.15) is 0 Å². The number of hydrogen-bond acceptors (Lipinski definition) is 5. The molecule has 1 aliphatic heterocycles. The number of aryl methyl sites for hydroxylation is 1. The van der Waals surface area contributed by atoms with E-state index in [9.17, 15) is 0 Å². The molecule has 0 amide bonds. The highest BCUT2D eigenvalue weighted by molar-refractivity contribution is 14.0. The molecule has 1 aromatic heterocycles. The van der Waals surface area contributed by atoms with E-state index in [1.165, 1.54) is 18.4 Å². The van der Waals surface area contributed by atoms with Gasteiger partial charge in [0, 0.05) is 50.6 Å². The molecule has 0 spiro atoms. The quantitative estimate of drug-likeness (QED) is 0.298.